The van der Waals surface area contributed by atoms with E-state index in [0.29, 0.717) is 12.5 Å². The Kier molecular flexibility index (Phi) is 1.72. The van der Waals surface area contributed by atoms with Crippen LogP contribution < -0.4 is 4.90 Å². The van der Waals surface area contributed by atoms with Gasteiger partial charge in [0, 0.05) is 12.0 Å². The summed E-state index contributed by atoms with van der Waals surface area (Å²) in [5, 5.41) is 0. The Labute approximate surface area is 89.2 Å². The highest BCUT2D eigenvalue weighted by Gasteiger charge is 2.34. The van der Waals surface area contributed by atoms with Crippen LogP contribution >= 0.6 is 0 Å². The molecule has 0 spiro atoms. The summed E-state index contributed by atoms with van der Waals surface area (Å²) < 4.78 is 0. The van der Waals surface area contributed by atoms with Gasteiger partial charge in [-0.1, -0.05) is 24.3 Å². The van der Waals surface area contributed by atoms with Gasteiger partial charge >= 0.3 is 0 Å². The molecule has 0 N–H and O–H groups in total. The number of hydrogen-bond acceptors (Lipinski definition) is 1. The quantitative estimate of drug-likeness (QED) is 0.629. The zero-order chi connectivity index (χ0) is 10.4. The number of para-hydroxylation sites is 1. The summed E-state index contributed by atoms with van der Waals surface area (Å²) in [4.78, 5) is 13.7. The van der Waals surface area contributed by atoms with Crippen LogP contribution in [0.2, 0.25) is 0 Å². The highest BCUT2D eigenvalue weighted by atomic mass is 16.2. The van der Waals surface area contributed by atoms with Gasteiger partial charge in [0.2, 0.25) is 5.91 Å². The van der Waals surface area contributed by atoms with Crippen molar-refractivity contribution in [1.29, 1.82) is 0 Å². The second-order valence-corrected chi connectivity index (χ2v) is 4.24. The highest BCUT2D eigenvalue weighted by molar-refractivity contribution is 6.01. The predicted octanol–water partition coefficient (Wildman–Crippen LogP) is 2.60. The van der Waals surface area contributed by atoms with E-state index in [1.54, 1.807) is 0 Å². The first-order valence-electron chi connectivity index (χ1n) is 5.37. The average Bonchev–Trinajstić information content (AvgIpc) is 2.61. The van der Waals surface area contributed by atoms with Crippen LogP contribution in [0.25, 0.3) is 5.57 Å². The minimum Gasteiger partial charge on any atom is -0.305 e. The predicted molar refractivity (Wildman–Crippen MR) is 60.6 cm³/mol. The number of amides is 1. The molecule has 2 nitrogen and oxygen atoms in total. The van der Waals surface area contributed by atoms with E-state index in [1.165, 1.54) is 11.1 Å². The molecule has 1 aromatic rings. The van der Waals surface area contributed by atoms with E-state index < -0.39 is 0 Å². The van der Waals surface area contributed by atoms with Gasteiger partial charge in [-0.25, -0.2) is 0 Å². The van der Waals surface area contributed by atoms with Crippen molar-refractivity contribution >= 4 is 17.2 Å². The van der Waals surface area contributed by atoms with Crippen molar-refractivity contribution in [1.82, 2.24) is 0 Å². The zero-order valence-electron chi connectivity index (χ0n) is 8.73. The smallest absolute Gasteiger partial charge is 0.227 e. The fraction of sp³-hybridized carbons (Fsp3) is 0.308. The molecule has 2 heterocycles. The van der Waals surface area contributed by atoms with Crippen molar-refractivity contribution in [2.24, 2.45) is 0 Å². The summed E-state index contributed by atoms with van der Waals surface area (Å²) >= 11 is 0. The molecule has 1 aromatic carbocycles. The summed E-state index contributed by atoms with van der Waals surface area (Å²) in [5.41, 5.74) is 3.58. The summed E-state index contributed by atoms with van der Waals surface area (Å²) in [5.74, 6) is 0.260. The van der Waals surface area contributed by atoms with E-state index in [4.69, 9.17) is 0 Å². The lowest BCUT2D eigenvalue weighted by atomic mass is 9.97. The SMILES string of the molecule is CC1=CC2CCC(=O)N2c2ccccc21. The maximum Gasteiger partial charge on any atom is 0.227 e. The lowest BCUT2D eigenvalue weighted by molar-refractivity contribution is -0.117. The molecule has 0 aromatic heterocycles. The van der Waals surface area contributed by atoms with Gasteiger partial charge in [-0.3, -0.25) is 4.79 Å². The fourth-order valence-electron chi connectivity index (χ4n) is 2.57. The number of rotatable bonds is 0. The molecule has 1 unspecified atom stereocenters. The zero-order valence-corrected chi connectivity index (χ0v) is 8.73. The topological polar surface area (TPSA) is 20.3 Å². The van der Waals surface area contributed by atoms with Gasteiger partial charge in [-0.05, 0) is 25.0 Å². The van der Waals surface area contributed by atoms with Crippen molar-refractivity contribution in [2.45, 2.75) is 25.8 Å². The largest absolute Gasteiger partial charge is 0.305 e. The van der Waals surface area contributed by atoms with E-state index >= 15 is 0 Å². The monoisotopic (exact) mass is 199 g/mol. The molecule has 0 aliphatic carbocycles. The molecule has 3 rings (SSSR count). The van der Waals surface area contributed by atoms with Crippen LogP contribution in [-0.2, 0) is 4.79 Å². The Morgan fingerprint density at radius 2 is 2.13 bits per heavy atom. The average molecular weight is 199 g/mol. The molecule has 2 aliphatic heterocycles. The first-order chi connectivity index (χ1) is 7.27. The van der Waals surface area contributed by atoms with E-state index in [-0.39, 0.29) is 5.91 Å². The van der Waals surface area contributed by atoms with Gasteiger partial charge in [0.1, 0.15) is 0 Å². The van der Waals surface area contributed by atoms with Crippen LogP contribution in [-0.4, -0.2) is 11.9 Å². The van der Waals surface area contributed by atoms with E-state index in [1.807, 2.05) is 23.1 Å². The molecule has 2 aliphatic rings. The Hall–Kier alpha value is -1.57. The van der Waals surface area contributed by atoms with Gasteiger partial charge in [-0.2, -0.15) is 0 Å². The summed E-state index contributed by atoms with van der Waals surface area (Å²) in [6.45, 7) is 2.12. The Morgan fingerprint density at radius 3 is 3.00 bits per heavy atom. The number of hydrogen-bond donors (Lipinski definition) is 0. The van der Waals surface area contributed by atoms with Gasteiger partial charge in [-0.15, -0.1) is 0 Å². The number of benzene rings is 1. The summed E-state index contributed by atoms with van der Waals surface area (Å²) in [6, 6.07) is 8.45. The third kappa shape index (κ3) is 1.14. The molecule has 1 atom stereocenters. The molecule has 0 saturated carbocycles. The van der Waals surface area contributed by atoms with Crippen molar-refractivity contribution in [3.63, 3.8) is 0 Å². The Bertz CT molecular complexity index is 461. The molecule has 1 saturated heterocycles. The van der Waals surface area contributed by atoms with E-state index in [9.17, 15) is 4.79 Å². The first kappa shape index (κ1) is 8.72. The second-order valence-electron chi connectivity index (χ2n) is 4.24. The Morgan fingerprint density at radius 1 is 1.33 bits per heavy atom. The highest BCUT2D eigenvalue weighted by Crippen LogP contribution is 2.38. The second kappa shape index (κ2) is 2.96. The molecule has 15 heavy (non-hydrogen) atoms. The normalized spacial score (nSPS) is 23.5. The molecular formula is C13H13NO. The molecule has 1 amide bonds. The third-order valence-corrected chi connectivity index (χ3v) is 3.29. The lowest BCUT2D eigenvalue weighted by Crippen LogP contribution is -2.34. The van der Waals surface area contributed by atoms with Gasteiger partial charge in [0.15, 0.2) is 0 Å². The van der Waals surface area contributed by atoms with Crippen molar-refractivity contribution in [2.75, 3.05) is 4.90 Å². The molecule has 0 radical (unpaired) electrons. The number of fused-ring (bicyclic) bond motifs is 3. The number of allylic oxidation sites excluding steroid dienone is 1. The molecule has 76 valence electrons. The maximum atomic E-state index is 11.8. The lowest BCUT2D eigenvalue weighted by Gasteiger charge is -2.30. The molecule has 1 fully saturated rings. The molecular weight excluding hydrogens is 186 g/mol. The van der Waals surface area contributed by atoms with Crippen molar-refractivity contribution < 1.29 is 4.79 Å². The standard InChI is InChI=1S/C13H13NO/c1-9-8-10-6-7-13(15)14(10)12-5-3-2-4-11(9)12/h2-5,8,10H,6-7H2,1H3. The van der Waals surface area contributed by atoms with E-state index in [2.05, 4.69) is 19.1 Å². The van der Waals surface area contributed by atoms with Gasteiger partial charge < -0.3 is 4.90 Å². The number of carbonyl (C=O) groups excluding carboxylic acids is 1. The van der Waals surface area contributed by atoms with Crippen LogP contribution in [0.3, 0.4) is 0 Å². The van der Waals surface area contributed by atoms with Gasteiger partial charge in [0.05, 0.1) is 11.7 Å². The molecule has 2 heteroatoms. The fourth-order valence-corrected chi connectivity index (χ4v) is 2.57. The number of carbonyl (C=O) groups is 1. The minimum atomic E-state index is 0.260. The van der Waals surface area contributed by atoms with Crippen LogP contribution in [0, 0.1) is 0 Å². The first-order valence-corrected chi connectivity index (χ1v) is 5.37. The van der Waals surface area contributed by atoms with E-state index in [0.717, 1.165) is 12.1 Å². The number of nitrogens with zero attached hydrogens (tertiary/aromatic N) is 1. The maximum absolute atomic E-state index is 11.8. The third-order valence-electron chi connectivity index (χ3n) is 3.29. The minimum absolute atomic E-state index is 0.260. The van der Waals surface area contributed by atoms with Crippen LogP contribution in [0.1, 0.15) is 25.3 Å². The van der Waals surface area contributed by atoms with Crippen molar-refractivity contribution in [3.05, 3.63) is 35.9 Å². The van der Waals surface area contributed by atoms with Crippen molar-refractivity contribution in [3.8, 4) is 0 Å². The summed E-state index contributed by atoms with van der Waals surface area (Å²) in [7, 11) is 0. The Balaban J connectivity index is 2.21. The van der Waals surface area contributed by atoms with Crippen LogP contribution in [0.4, 0.5) is 5.69 Å². The number of anilines is 1. The molecule has 0 bridgehead atoms. The van der Waals surface area contributed by atoms with Crippen LogP contribution in [0.15, 0.2) is 30.3 Å². The summed E-state index contributed by atoms with van der Waals surface area (Å²) in [6.07, 6.45) is 3.86. The van der Waals surface area contributed by atoms with Gasteiger partial charge in [0.25, 0.3) is 0 Å². The van der Waals surface area contributed by atoms with Crippen LogP contribution in [0.5, 0.6) is 0 Å².